The summed E-state index contributed by atoms with van der Waals surface area (Å²) in [4.78, 5) is 2.37. The molecule has 0 amide bonds. The van der Waals surface area contributed by atoms with E-state index in [-0.39, 0.29) is 5.41 Å². The summed E-state index contributed by atoms with van der Waals surface area (Å²) in [7, 11) is 0. The highest BCUT2D eigenvalue weighted by Crippen LogP contribution is 2.51. The van der Waals surface area contributed by atoms with Gasteiger partial charge in [0, 0.05) is 33.2 Å². The monoisotopic (exact) mass is 603 g/mol. The molecule has 2 heteroatoms. The van der Waals surface area contributed by atoms with E-state index < -0.39 is 0 Å². The first-order valence-electron chi connectivity index (χ1n) is 16.3. The number of hydrogen-bond acceptors (Lipinski definition) is 2. The van der Waals surface area contributed by atoms with Crippen molar-refractivity contribution < 1.29 is 4.42 Å². The third-order valence-corrected chi connectivity index (χ3v) is 9.86. The Bertz CT molecular complexity index is 2440. The van der Waals surface area contributed by atoms with Crippen LogP contribution in [0.4, 0.5) is 17.1 Å². The van der Waals surface area contributed by atoms with Crippen molar-refractivity contribution in [3.63, 3.8) is 0 Å². The second-order valence-electron chi connectivity index (χ2n) is 13.0. The first kappa shape index (κ1) is 27.5. The Morgan fingerprint density at radius 3 is 1.81 bits per heavy atom. The van der Waals surface area contributed by atoms with E-state index in [9.17, 15) is 0 Å². The van der Waals surface area contributed by atoms with E-state index >= 15 is 0 Å². The van der Waals surface area contributed by atoms with Gasteiger partial charge in [0.1, 0.15) is 11.2 Å². The van der Waals surface area contributed by atoms with Crippen molar-refractivity contribution in [3.8, 4) is 33.4 Å². The molecule has 0 aliphatic heterocycles. The molecule has 0 fully saturated rings. The van der Waals surface area contributed by atoms with E-state index in [2.05, 4.69) is 170 Å². The van der Waals surface area contributed by atoms with E-state index in [0.717, 1.165) is 50.1 Å². The lowest BCUT2D eigenvalue weighted by Gasteiger charge is -2.28. The first-order valence-corrected chi connectivity index (χ1v) is 16.3. The molecule has 0 saturated carbocycles. The molecule has 1 aliphatic carbocycles. The smallest absolute Gasteiger partial charge is 0.136 e. The number of anilines is 3. The van der Waals surface area contributed by atoms with Gasteiger partial charge in [0.2, 0.25) is 0 Å². The average molecular weight is 604 g/mol. The highest BCUT2D eigenvalue weighted by molar-refractivity contribution is 6.06. The van der Waals surface area contributed by atoms with Crippen LogP contribution in [0.3, 0.4) is 0 Å². The normalized spacial score (nSPS) is 13.1. The van der Waals surface area contributed by atoms with Crippen molar-refractivity contribution in [1.82, 2.24) is 0 Å². The maximum Gasteiger partial charge on any atom is 0.136 e. The lowest BCUT2D eigenvalue weighted by atomic mass is 9.81. The fourth-order valence-electron chi connectivity index (χ4n) is 7.43. The largest absolute Gasteiger partial charge is 0.456 e. The van der Waals surface area contributed by atoms with Gasteiger partial charge in [0.15, 0.2) is 0 Å². The number of furan rings is 1. The Labute approximate surface area is 275 Å². The fraction of sp³-hybridized carbons (Fsp3) is 0.0667. The number of hydrogen-bond donors (Lipinski definition) is 0. The summed E-state index contributed by atoms with van der Waals surface area (Å²) in [6.45, 7) is 4.72. The Kier molecular flexibility index (Phi) is 6.20. The molecule has 0 spiro atoms. The third-order valence-electron chi connectivity index (χ3n) is 9.86. The molecule has 47 heavy (non-hydrogen) atoms. The standard InChI is InChI=1S/C45H33NO/c1-45(2)41-27-32(30-12-5-3-6-13-30)20-23-37(41)38-25-22-36(29-42(38)45)46(34-15-7-4-8-16-34)35-17-11-14-31(26-35)33-21-24-40-39-18-9-10-19-43(39)47-44(40)28-33/h3-29H,1-2H3. The second-order valence-corrected chi connectivity index (χ2v) is 13.0. The van der Waals surface area contributed by atoms with Crippen LogP contribution in [0.15, 0.2) is 168 Å². The van der Waals surface area contributed by atoms with Gasteiger partial charge in [0.05, 0.1) is 0 Å². The van der Waals surface area contributed by atoms with Crippen LogP contribution in [0, 0.1) is 0 Å². The van der Waals surface area contributed by atoms with Crippen LogP contribution >= 0.6 is 0 Å². The van der Waals surface area contributed by atoms with Gasteiger partial charge in [-0.2, -0.15) is 0 Å². The third kappa shape index (κ3) is 4.48. The van der Waals surface area contributed by atoms with Gasteiger partial charge >= 0.3 is 0 Å². The Morgan fingerprint density at radius 2 is 0.979 bits per heavy atom. The topological polar surface area (TPSA) is 16.4 Å². The molecular weight excluding hydrogens is 571 g/mol. The predicted octanol–water partition coefficient (Wildman–Crippen LogP) is 12.7. The molecule has 8 aromatic rings. The molecule has 1 aromatic heterocycles. The quantitative estimate of drug-likeness (QED) is 0.195. The summed E-state index contributed by atoms with van der Waals surface area (Å²) >= 11 is 0. The summed E-state index contributed by atoms with van der Waals surface area (Å²) in [5.41, 5.74) is 15.2. The van der Waals surface area contributed by atoms with Crippen molar-refractivity contribution in [1.29, 1.82) is 0 Å². The molecule has 0 radical (unpaired) electrons. The van der Waals surface area contributed by atoms with Gasteiger partial charge in [-0.05, 0) is 105 Å². The lowest BCUT2D eigenvalue weighted by molar-refractivity contribution is 0.660. The van der Waals surface area contributed by atoms with Gasteiger partial charge in [-0.25, -0.2) is 0 Å². The highest BCUT2D eigenvalue weighted by atomic mass is 16.3. The van der Waals surface area contributed by atoms with Crippen molar-refractivity contribution in [2.45, 2.75) is 19.3 Å². The zero-order chi connectivity index (χ0) is 31.5. The van der Waals surface area contributed by atoms with Crippen molar-refractivity contribution in [2.24, 2.45) is 0 Å². The summed E-state index contributed by atoms with van der Waals surface area (Å²) in [6, 6.07) is 58.9. The number of fused-ring (bicyclic) bond motifs is 6. The summed E-state index contributed by atoms with van der Waals surface area (Å²) in [5.74, 6) is 0. The van der Waals surface area contributed by atoms with E-state index in [1.54, 1.807) is 0 Å². The molecule has 1 heterocycles. The van der Waals surface area contributed by atoms with Crippen LogP contribution in [0.25, 0.3) is 55.3 Å². The molecule has 224 valence electrons. The number of benzene rings is 7. The molecule has 2 nitrogen and oxygen atoms in total. The number of rotatable bonds is 5. The zero-order valence-corrected chi connectivity index (χ0v) is 26.4. The van der Waals surface area contributed by atoms with E-state index in [4.69, 9.17) is 4.42 Å². The molecule has 0 unspecified atom stereocenters. The molecule has 0 saturated heterocycles. The summed E-state index contributed by atoms with van der Waals surface area (Å²) in [5, 5.41) is 2.29. The Balaban J connectivity index is 1.14. The van der Waals surface area contributed by atoms with Crippen molar-refractivity contribution >= 4 is 39.0 Å². The van der Waals surface area contributed by atoms with Crippen molar-refractivity contribution in [2.75, 3.05) is 4.90 Å². The second kappa shape index (κ2) is 10.6. The van der Waals surface area contributed by atoms with E-state index in [0.29, 0.717) is 0 Å². The molecule has 0 atom stereocenters. The molecule has 1 aliphatic rings. The molecule has 9 rings (SSSR count). The predicted molar refractivity (Wildman–Crippen MR) is 197 cm³/mol. The minimum atomic E-state index is -0.141. The first-order chi connectivity index (χ1) is 23.0. The summed E-state index contributed by atoms with van der Waals surface area (Å²) < 4.78 is 6.24. The Hall–Kier alpha value is -5.86. The van der Waals surface area contributed by atoms with Gasteiger partial charge in [-0.3, -0.25) is 0 Å². The minimum absolute atomic E-state index is 0.141. The van der Waals surface area contributed by atoms with Crippen LogP contribution in [0.5, 0.6) is 0 Å². The van der Waals surface area contributed by atoms with Crippen LogP contribution in [-0.4, -0.2) is 0 Å². The van der Waals surface area contributed by atoms with Gasteiger partial charge < -0.3 is 9.32 Å². The highest BCUT2D eigenvalue weighted by Gasteiger charge is 2.36. The van der Waals surface area contributed by atoms with E-state index in [1.165, 1.54) is 33.4 Å². The zero-order valence-electron chi connectivity index (χ0n) is 26.4. The maximum absolute atomic E-state index is 6.24. The van der Waals surface area contributed by atoms with Crippen LogP contribution in [0.2, 0.25) is 0 Å². The van der Waals surface area contributed by atoms with Crippen LogP contribution in [0.1, 0.15) is 25.0 Å². The van der Waals surface area contributed by atoms with Crippen LogP contribution < -0.4 is 4.90 Å². The Morgan fingerprint density at radius 1 is 0.404 bits per heavy atom. The van der Waals surface area contributed by atoms with Crippen molar-refractivity contribution in [3.05, 3.63) is 175 Å². The SMILES string of the molecule is CC1(C)c2cc(-c3ccccc3)ccc2-c2ccc(N(c3ccccc3)c3cccc(-c4ccc5c(c4)oc4ccccc45)c3)cc21. The minimum Gasteiger partial charge on any atom is -0.456 e. The fourth-order valence-corrected chi connectivity index (χ4v) is 7.43. The van der Waals surface area contributed by atoms with E-state index in [1.807, 2.05) is 12.1 Å². The molecule has 0 N–H and O–H groups in total. The number of nitrogens with zero attached hydrogens (tertiary/aromatic N) is 1. The molecule has 7 aromatic carbocycles. The van der Waals surface area contributed by atoms with Gasteiger partial charge in [-0.1, -0.05) is 117 Å². The number of para-hydroxylation sites is 2. The maximum atomic E-state index is 6.24. The van der Waals surface area contributed by atoms with Crippen LogP contribution in [-0.2, 0) is 5.41 Å². The van der Waals surface area contributed by atoms with Gasteiger partial charge in [-0.15, -0.1) is 0 Å². The van der Waals surface area contributed by atoms with Gasteiger partial charge in [0.25, 0.3) is 0 Å². The lowest BCUT2D eigenvalue weighted by Crippen LogP contribution is -2.16. The average Bonchev–Trinajstić information content (AvgIpc) is 3.60. The summed E-state index contributed by atoms with van der Waals surface area (Å²) in [6.07, 6.45) is 0. The molecular formula is C45H33NO. The molecule has 0 bridgehead atoms.